The first-order valence-corrected chi connectivity index (χ1v) is 10.2. The predicted molar refractivity (Wildman–Crippen MR) is 132 cm³/mol. The monoisotopic (exact) mass is 462 g/mol. The SMILES string of the molecule is COc1ccc(/C=N\NC(=O)c2ccc(N/N=C\c3ccc(OC)cc3OC)cc2)c(OC)c1. The van der Waals surface area contributed by atoms with Gasteiger partial charge < -0.3 is 18.9 Å². The third-order valence-corrected chi connectivity index (χ3v) is 4.80. The molecule has 0 aromatic heterocycles. The zero-order valence-corrected chi connectivity index (χ0v) is 19.4. The molecular formula is C25H26N4O5. The van der Waals surface area contributed by atoms with Crippen molar-refractivity contribution in [2.24, 2.45) is 10.2 Å². The first kappa shape index (κ1) is 24.1. The van der Waals surface area contributed by atoms with Crippen LogP contribution >= 0.6 is 0 Å². The van der Waals surface area contributed by atoms with Gasteiger partial charge in [0.15, 0.2) is 0 Å². The number of amides is 1. The average Bonchev–Trinajstić information content (AvgIpc) is 2.89. The van der Waals surface area contributed by atoms with Gasteiger partial charge in [-0.3, -0.25) is 10.2 Å². The van der Waals surface area contributed by atoms with Crippen molar-refractivity contribution in [3.63, 3.8) is 0 Å². The maximum Gasteiger partial charge on any atom is 0.271 e. The molecule has 34 heavy (non-hydrogen) atoms. The van der Waals surface area contributed by atoms with E-state index in [4.69, 9.17) is 18.9 Å². The van der Waals surface area contributed by atoms with Gasteiger partial charge >= 0.3 is 0 Å². The van der Waals surface area contributed by atoms with Gasteiger partial charge in [0.05, 0.1) is 46.6 Å². The van der Waals surface area contributed by atoms with Gasteiger partial charge in [0, 0.05) is 28.8 Å². The number of nitrogens with zero attached hydrogens (tertiary/aromatic N) is 2. The van der Waals surface area contributed by atoms with Crippen molar-refractivity contribution in [3.8, 4) is 23.0 Å². The van der Waals surface area contributed by atoms with Gasteiger partial charge in [0.1, 0.15) is 23.0 Å². The first-order valence-electron chi connectivity index (χ1n) is 10.2. The van der Waals surface area contributed by atoms with Crippen molar-refractivity contribution in [1.29, 1.82) is 0 Å². The topological polar surface area (TPSA) is 103 Å². The van der Waals surface area contributed by atoms with Gasteiger partial charge in [-0.1, -0.05) is 0 Å². The molecule has 0 radical (unpaired) electrons. The molecular weight excluding hydrogens is 436 g/mol. The fraction of sp³-hybridized carbons (Fsp3) is 0.160. The van der Waals surface area contributed by atoms with Gasteiger partial charge in [-0.15, -0.1) is 0 Å². The molecule has 0 unspecified atom stereocenters. The Morgan fingerprint density at radius 3 is 1.74 bits per heavy atom. The van der Waals surface area contributed by atoms with Crippen molar-refractivity contribution in [3.05, 3.63) is 77.4 Å². The van der Waals surface area contributed by atoms with Gasteiger partial charge in [-0.25, -0.2) is 5.43 Å². The molecule has 3 aromatic rings. The highest BCUT2D eigenvalue weighted by Crippen LogP contribution is 2.24. The van der Waals surface area contributed by atoms with Gasteiger partial charge in [0.25, 0.3) is 5.91 Å². The lowest BCUT2D eigenvalue weighted by atomic mass is 10.2. The van der Waals surface area contributed by atoms with Gasteiger partial charge in [0.2, 0.25) is 0 Å². The molecule has 1 amide bonds. The number of hydrazone groups is 2. The van der Waals surface area contributed by atoms with Crippen LogP contribution in [0.5, 0.6) is 23.0 Å². The van der Waals surface area contributed by atoms with Crippen LogP contribution in [0.2, 0.25) is 0 Å². The number of hydrogen-bond acceptors (Lipinski definition) is 8. The second-order valence-corrected chi connectivity index (χ2v) is 6.86. The average molecular weight is 463 g/mol. The second-order valence-electron chi connectivity index (χ2n) is 6.86. The molecule has 0 saturated heterocycles. The molecule has 0 saturated carbocycles. The van der Waals surface area contributed by atoms with Gasteiger partial charge in [-0.05, 0) is 48.5 Å². The van der Waals surface area contributed by atoms with Crippen LogP contribution in [0.3, 0.4) is 0 Å². The largest absolute Gasteiger partial charge is 0.497 e. The zero-order valence-electron chi connectivity index (χ0n) is 19.4. The number of hydrogen-bond donors (Lipinski definition) is 2. The first-order chi connectivity index (χ1) is 16.6. The van der Waals surface area contributed by atoms with Crippen LogP contribution in [0, 0.1) is 0 Å². The Morgan fingerprint density at radius 1 is 0.706 bits per heavy atom. The number of methoxy groups -OCH3 is 4. The summed E-state index contributed by atoms with van der Waals surface area (Å²) in [5.41, 5.74) is 8.08. The number of nitrogens with one attached hydrogen (secondary N) is 2. The van der Waals surface area contributed by atoms with E-state index in [0.717, 1.165) is 5.56 Å². The van der Waals surface area contributed by atoms with Gasteiger partial charge in [-0.2, -0.15) is 10.2 Å². The molecule has 9 nitrogen and oxygen atoms in total. The van der Waals surface area contributed by atoms with Crippen molar-refractivity contribution < 1.29 is 23.7 Å². The van der Waals surface area contributed by atoms with E-state index in [1.54, 1.807) is 83.2 Å². The molecule has 0 aliphatic carbocycles. The minimum absolute atomic E-state index is 0.346. The number of anilines is 1. The normalized spacial score (nSPS) is 10.8. The minimum atomic E-state index is -0.346. The number of ether oxygens (including phenoxy) is 4. The Morgan fingerprint density at radius 2 is 1.24 bits per heavy atom. The maximum atomic E-state index is 12.4. The number of carbonyl (C=O) groups is 1. The summed E-state index contributed by atoms with van der Waals surface area (Å²) in [6, 6.07) is 17.6. The molecule has 0 atom stereocenters. The Hall–Kier alpha value is -4.53. The summed E-state index contributed by atoms with van der Waals surface area (Å²) in [5, 5.41) is 8.23. The van der Waals surface area contributed by atoms with Crippen LogP contribution in [-0.4, -0.2) is 46.8 Å². The predicted octanol–water partition coefficient (Wildman–Crippen LogP) is 3.93. The Kier molecular flexibility index (Phi) is 8.45. The highest BCUT2D eigenvalue weighted by molar-refractivity contribution is 5.95. The van der Waals surface area contributed by atoms with E-state index in [-0.39, 0.29) is 5.91 Å². The van der Waals surface area contributed by atoms with Crippen LogP contribution < -0.4 is 29.8 Å². The summed E-state index contributed by atoms with van der Waals surface area (Å²) in [6.07, 6.45) is 3.15. The lowest BCUT2D eigenvalue weighted by Crippen LogP contribution is -2.17. The molecule has 3 aromatic carbocycles. The number of benzene rings is 3. The van der Waals surface area contributed by atoms with E-state index in [0.29, 0.717) is 39.8 Å². The lowest BCUT2D eigenvalue weighted by Gasteiger charge is -2.07. The van der Waals surface area contributed by atoms with E-state index in [1.165, 1.54) is 6.21 Å². The smallest absolute Gasteiger partial charge is 0.271 e. The molecule has 0 spiro atoms. The number of rotatable bonds is 10. The van der Waals surface area contributed by atoms with E-state index in [9.17, 15) is 4.79 Å². The summed E-state index contributed by atoms with van der Waals surface area (Å²) in [7, 11) is 6.31. The summed E-state index contributed by atoms with van der Waals surface area (Å²) >= 11 is 0. The van der Waals surface area contributed by atoms with Crippen molar-refractivity contribution in [2.45, 2.75) is 0 Å². The Bertz CT molecular complexity index is 1180. The molecule has 176 valence electrons. The molecule has 0 bridgehead atoms. The van der Waals surface area contributed by atoms with Crippen LogP contribution in [0.4, 0.5) is 5.69 Å². The Labute approximate surface area is 198 Å². The van der Waals surface area contributed by atoms with E-state index in [2.05, 4.69) is 21.1 Å². The Balaban J connectivity index is 1.57. The third kappa shape index (κ3) is 6.26. The molecule has 9 heteroatoms. The van der Waals surface area contributed by atoms with Crippen molar-refractivity contribution in [2.75, 3.05) is 33.9 Å². The standard InChI is InChI=1S/C25H26N4O5/c1-31-21-11-7-18(23(13-21)33-3)15-26-28-20-9-5-17(6-10-20)25(30)29-27-16-19-8-12-22(32-2)14-24(19)34-4/h5-16,28H,1-4H3,(H,29,30)/b26-15-,27-16-. The van der Waals surface area contributed by atoms with Crippen LogP contribution in [-0.2, 0) is 0 Å². The highest BCUT2D eigenvalue weighted by Gasteiger charge is 2.06. The molecule has 0 aliphatic rings. The van der Waals surface area contributed by atoms with Crippen molar-refractivity contribution >= 4 is 24.0 Å². The van der Waals surface area contributed by atoms with E-state index >= 15 is 0 Å². The highest BCUT2D eigenvalue weighted by atomic mass is 16.5. The molecule has 0 aliphatic heterocycles. The third-order valence-electron chi connectivity index (χ3n) is 4.80. The van der Waals surface area contributed by atoms with Crippen LogP contribution in [0.1, 0.15) is 21.5 Å². The summed E-state index contributed by atoms with van der Waals surface area (Å²) in [5.74, 6) is 2.24. The fourth-order valence-corrected chi connectivity index (χ4v) is 2.95. The van der Waals surface area contributed by atoms with Crippen LogP contribution in [0.25, 0.3) is 0 Å². The molecule has 3 rings (SSSR count). The summed E-state index contributed by atoms with van der Waals surface area (Å²) in [6.45, 7) is 0. The van der Waals surface area contributed by atoms with Crippen LogP contribution in [0.15, 0.2) is 70.9 Å². The lowest BCUT2D eigenvalue weighted by molar-refractivity contribution is 0.0955. The minimum Gasteiger partial charge on any atom is -0.497 e. The fourth-order valence-electron chi connectivity index (χ4n) is 2.95. The summed E-state index contributed by atoms with van der Waals surface area (Å²) in [4.78, 5) is 12.4. The zero-order chi connectivity index (χ0) is 24.3. The summed E-state index contributed by atoms with van der Waals surface area (Å²) < 4.78 is 21.0. The molecule has 2 N–H and O–H groups in total. The maximum absolute atomic E-state index is 12.4. The van der Waals surface area contributed by atoms with E-state index in [1.807, 2.05) is 12.1 Å². The quantitative estimate of drug-likeness (QED) is 0.350. The van der Waals surface area contributed by atoms with E-state index < -0.39 is 0 Å². The van der Waals surface area contributed by atoms with Crippen molar-refractivity contribution in [1.82, 2.24) is 5.43 Å². The molecule has 0 heterocycles. The second kappa shape index (κ2) is 11.9. The number of carbonyl (C=O) groups excluding carboxylic acids is 1. The molecule has 0 fully saturated rings.